The van der Waals surface area contributed by atoms with Gasteiger partial charge in [0, 0.05) is 0 Å². The van der Waals surface area contributed by atoms with Gasteiger partial charge in [0.1, 0.15) is 0 Å². The van der Waals surface area contributed by atoms with E-state index in [1.165, 1.54) is 5.41 Å². The van der Waals surface area contributed by atoms with E-state index >= 15 is 0 Å². The minimum atomic E-state index is -3.53. The molecule has 0 unspecified atom stereocenters. The predicted octanol–water partition coefficient (Wildman–Crippen LogP) is 4.45. The van der Waals surface area contributed by atoms with Crippen LogP contribution in [0.5, 0.6) is 0 Å². The topological polar surface area (TPSA) is 34.1 Å². The summed E-state index contributed by atoms with van der Waals surface area (Å²) in [6, 6.07) is 24.1. The molecule has 0 N–H and O–H groups in total. The van der Waals surface area contributed by atoms with Crippen molar-refractivity contribution >= 4 is 45.3 Å². The minimum absolute atomic E-state index is 0.146. The van der Waals surface area contributed by atoms with Crippen molar-refractivity contribution in [2.45, 2.75) is 11.8 Å². The third-order valence-corrected chi connectivity index (χ3v) is 8.04. The van der Waals surface area contributed by atoms with Gasteiger partial charge in [-0.15, -0.1) is 0 Å². The number of sulfone groups is 1. The third-order valence-electron chi connectivity index (χ3n) is 3.71. The Morgan fingerprint density at radius 1 is 0.885 bits per heavy atom. The van der Waals surface area contributed by atoms with Crippen molar-refractivity contribution in [3.63, 3.8) is 0 Å². The van der Waals surface area contributed by atoms with Crippen molar-refractivity contribution in [1.29, 1.82) is 0 Å². The molecule has 0 aromatic heterocycles. The van der Waals surface area contributed by atoms with Gasteiger partial charge in [-0.3, -0.25) is 0 Å². The van der Waals surface area contributed by atoms with Crippen molar-refractivity contribution in [2.75, 3.05) is 0 Å². The molecule has 3 aromatic rings. The monoisotopic (exact) mass is 448 g/mol. The SMILES string of the molecule is Cc1ccc(S(=O)(=O)/C=C(/[Se]c2ccccc2)c2ccc(Cl)cc2)cc1. The Kier molecular flexibility index (Phi) is 6.00. The van der Waals surface area contributed by atoms with Gasteiger partial charge >= 0.3 is 166 Å². The van der Waals surface area contributed by atoms with Gasteiger partial charge in [-0.2, -0.15) is 0 Å². The Morgan fingerprint density at radius 2 is 1.50 bits per heavy atom. The van der Waals surface area contributed by atoms with Crippen LogP contribution in [0, 0.1) is 6.92 Å². The normalized spacial score (nSPS) is 12.2. The molecule has 0 saturated heterocycles. The van der Waals surface area contributed by atoms with Crippen molar-refractivity contribution in [3.8, 4) is 0 Å². The number of benzene rings is 3. The van der Waals surface area contributed by atoms with Gasteiger partial charge in [0.05, 0.1) is 0 Å². The Bertz CT molecular complexity index is 1010. The second-order valence-electron chi connectivity index (χ2n) is 5.76. The molecule has 0 aliphatic heterocycles. The van der Waals surface area contributed by atoms with Crippen LogP contribution in [0.4, 0.5) is 0 Å². The zero-order valence-electron chi connectivity index (χ0n) is 14.1. The van der Waals surface area contributed by atoms with Crippen LogP contribution in [-0.4, -0.2) is 23.4 Å². The quantitative estimate of drug-likeness (QED) is 0.541. The molecule has 0 bridgehead atoms. The first-order valence-electron chi connectivity index (χ1n) is 7.96. The molecule has 132 valence electrons. The van der Waals surface area contributed by atoms with E-state index in [1.54, 1.807) is 24.3 Å². The second-order valence-corrected chi connectivity index (χ2v) is 10.3. The van der Waals surface area contributed by atoms with Crippen LogP contribution in [0.25, 0.3) is 4.47 Å². The van der Waals surface area contributed by atoms with E-state index in [0.717, 1.165) is 20.1 Å². The molecule has 0 atom stereocenters. The Morgan fingerprint density at radius 3 is 2.12 bits per heavy atom. The van der Waals surface area contributed by atoms with Gasteiger partial charge in [-0.05, 0) is 0 Å². The second kappa shape index (κ2) is 8.24. The van der Waals surface area contributed by atoms with E-state index in [4.69, 9.17) is 11.6 Å². The molecule has 2 nitrogen and oxygen atoms in total. The number of aryl methyl sites for hydroxylation is 1. The van der Waals surface area contributed by atoms with E-state index in [2.05, 4.69) is 0 Å². The van der Waals surface area contributed by atoms with Crippen LogP contribution < -0.4 is 4.46 Å². The summed E-state index contributed by atoms with van der Waals surface area (Å²) in [6.07, 6.45) is 0. The fourth-order valence-corrected chi connectivity index (χ4v) is 6.34. The molecule has 0 spiro atoms. The van der Waals surface area contributed by atoms with Crippen molar-refractivity contribution in [1.82, 2.24) is 0 Å². The van der Waals surface area contributed by atoms with Gasteiger partial charge < -0.3 is 0 Å². The van der Waals surface area contributed by atoms with E-state index in [9.17, 15) is 8.42 Å². The first kappa shape index (κ1) is 18.9. The molecule has 0 heterocycles. The molecule has 0 aliphatic rings. The molecule has 26 heavy (non-hydrogen) atoms. The predicted molar refractivity (Wildman–Crippen MR) is 110 cm³/mol. The van der Waals surface area contributed by atoms with Gasteiger partial charge in [0.25, 0.3) is 0 Å². The van der Waals surface area contributed by atoms with Crippen molar-refractivity contribution in [3.05, 3.63) is 100 Å². The number of hydrogen-bond donors (Lipinski definition) is 0. The molecule has 0 amide bonds. The Hall–Kier alpha value is -1.84. The maximum absolute atomic E-state index is 12.9. The summed E-state index contributed by atoms with van der Waals surface area (Å²) in [7, 11) is -3.53. The summed E-state index contributed by atoms with van der Waals surface area (Å²) in [6.45, 7) is 1.93. The van der Waals surface area contributed by atoms with Crippen molar-refractivity contribution < 1.29 is 8.42 Å². The van der Waals surface area contributed by atoms with Gasteiger partial charge in [-0.1, -0.05) is 0 Å². The molecule has 0 radical (unpaired) electrons. The van der Waals surface area contributed by atoms with E-state index < -0.39 is 9.84 Å². The fraction of sp³-hybridized carbons (Fsp3) is 0.0476. The van der Waals surface area contributed by atoms with Crippen LogP contribution in [0.15, 0.2) is 89.2 Å². The molecule has 0 fully saturated rings. The van der Waals surface area contributed by atoms with Crippen molar-refractivity contribution in [2.24, 2.45) is 0 Å². The Labute approximate surface area is 165 Å². The van der Waals surface area contributed by atoms with E-state index in [1.807, 2.05) is 61.5 Å². The number of halogens is 1. The summed E-state index contributed by atoms with van der Waals surface area (Å²) in [5, 5.41) is 2.02. The Balaban J connectivity index is 2.05. The first-order valence-corrected chi connectivity index (χ1v) is 11.6. The van der Waals surface area contributed by atoms with Gasteiger partial charge in [0.15, 0.2) is 0 Å². The standard InChI is InChI=1S/C21H17ClO2SSe/c1-16-7-13-19(14-8-16)25(23,24)15-21(17-9-11-18(22)12-10-17)26-20-5-3-2-4-6-20/h2-15H,1H3/b21-15+. The molecule has 0 saturated carbocycles. The molecule has 0 aliphatic carbocycles. The molecule has 3 aromatic carbocycles. The fourth-order valence-electron chi connectivity index (χ4n) is 2.32. The van der Waals surface area contributed by atoms with Crippen LogP contribution in [0.2, 0.25) is 5.02 Å². The van der Waals surface area contributed by atoms with Crippen LogP contribution in [0.3, 0.4) is 0 Å². The zero-order valence-corrected chi connectivity index (χ0v) is 17.4. The average molecular weight is 448 g/mol. The van der Waals surface area contributed by atoms with E-state index in [-0.39, 0.29) is 15.0 Å². The third kappa shape index (κ3) is 4.86. The molecular formula is C21H17ClO2SSe. The zero-order chi connectivity index (χ0) is 18.6. The summed E-state index contributed by atoms with van der Waals surface area (Å²) in [5.41, 5.74) is 1.90. The molecule has 3 rings (SSSR count). The average Bonchev–Trinajstić information content (AvgIpc) is 2.63. The number of rotatable bonds is 5. The van der Waals surface area contributed by atoms with E-state index in [0.29, 0.717) is 9.92 Å². The van der Waals surface area contributed by atoms with Gasteiger partial charge in [0.2, 0.25) is 0 Å². The molecular weight excluding hydrogens is 431 g/mol. The summed E-state index contributed by atoms with van der Waals surface area (Å²) < 4.78 is 27.7. The van der Waals surface area contributed by atoms with Crippen LogP contribution in [-0.2, 0) is 9.84 Å². The number of hydrogen-bond acceptors (Lipinski definition) is 2. The van der Waals surface area contributed by atoms with Crippen LogP contribution in [0.1, 0.15) is 11.1 Å². The summed E-state index contributed by atoms with van der Waals surface area (Å²) in [4.78, 5) is 0.304. The first-order chi connectivity index (χ1) is 12.4. The van der Waals surface area contributed by atoms with Gasteiger partial charge in [-0.25, -0.2) is 0 Å². The maximum atomic E-state index is 12.9. The van der Waals surface area contributed by atoms with Crippen LogP contribution >= 0.6 is 11.6 Å². The summed E-state index contributed by atoms with van der Waals surface area (Å²) >= 11 is 5.84. The summed E-state index contributed by atoms with van der Waals surface area (Å²) in [5.74, 6) is 0. The molecule has 5 heteroatoms.